The van der Waals surface area contributed by atoms with Gasteiger partial charge in [0.15, 0.2) is 5.58 Å². The van der Waals surface area contributed by atoms with E-state index in [4.69, 9.17) is 4.42 Å². The fraction of sp³-hybridized carbons (Fsp3) is 0. The van der Waals surface area contributed by atoms with Gasteiger partial charge in [-0.2, -0.15) is 0 Å². The third-order valence-electron chi connectivity index (χ3n) is 7.48. The fourth-order valence-electron chi connectivity index (χ4n) is 5.67. The lowest BCUT2D eigenvalue weighted by Crippen LogP contribution is -1.93. The number of anilines is 2. The number of hydrogen-bond donors (Lipinski definition) is 1. The van der Waals surface area contributed by atoms with Crippen molar-refractivity contribution < 1.29 is 4.42 Å². The minimum Gasteiger partial charge on any atom is -0.454 e. The summed E-state index contributed by atoms with van der Waals surface area (Å²) in [6.45, 7) is 0. The molecule has 0 radical (unpaired) electrons. The molecule has 1 N–H and O–H groups in total. The summed E-state index contributed by atoms with van der Waals surface area (Å²) < 4.78 is 8.92. The van der Waals surface area contributed by atoms with Crippen LogP contribution in [0.3, 0.4) is 0 Å². The van der Waals surface area contributed by atoms with E-state index in [1.807, 2.05) is 23.5 Å². The molecule has 0 fully saturated rings. The lowest BCUT2D eigenvalue weighted by atomic mass is 9.93. The molecule has 0 atom stereocenters. The van der Waals surface area contributed by atoms with Crippen molar-refractivity contribution in [3.05, 3.63) is 133 Å². The number of furan rings is 1. The summed E-state index contributed by atoms with van der Waals surface area (Å²) >= 11 is 1.87. The van der Waals surface area contributed by atoms with Crippen molar-refractivity contribution in [2.45, 2.75) is 0 Å². The van der Waals surface area contributed by atoms with Gasteiger partial charge < -0.3 is 9.73 Å². The van der Waals surface area contributed by atoms with Crippen LogP contribution in [0.15, 0.2) is 138 Å². The number of fused-ring (bicyclic) bond motifs is 6. The highest BCUT2D eigenvalue weighted by molar-refractivity contribution is 7.26. The van der Waals surface area contributed by atoms with Crippen molar-refractivity contribution in [3.8, 4) is 22.3 Å². The van der Waals surface area contributed by atoms with Crippen molar-refractivity contribution in [3.63, 3.8) is 0 Å². The Hall–Kier alpha value is -4.86. The average Bonchev–Trinajstić information content (AvgIpc) is 3.57. The smallest absolute Gasteiger partial charge is 0.158 e. The van der Waals surface area contributed by atoms with Gasteiger partial charge in [-0.1, -0.05) is 103 Å². The van der Waals surface area contributed by atoms with Crippen LogP contribution in [0.25, 0.3) is 64.4 Å². The molecular formula is C36H23NOS. The molecular weight excluding hydrogens is 494 g/mol. The first kappa shape index (κ1) is 22.2. The SMILES string of the molecule is c1ccc(-c2ccc(Nc3cccc4c3oc3ccccc34)cc2-c2cccc3c2sc2ccccc23)cc1. The van der Waals surface area contributed by atoms with Crippen molar-refractivity contribution >= 4 is 64.8 Å². The largest absolute Gasteiger partial charge is 0.454 e. The number of hydrogen-bond acceptors (Lipinski definition) is 3. The fourth-order valence-corrected chi connectivity index (χ4v) is 6.91. The van der Waals surface area contributed by atoms with E-state index < -0.39 is 0 Å². The lowest BCUT2D eigenvalue weighted by Gasteiger charge is -2.15. The van der Waals surface area contributed by atoms with E-state index in [-0.39, 0.29) is 0 Å². The summed E-state index contributed by atoms with van der Waals surface area (Å²) in [6, 6.07) is 47.2. The predicted octanol–water partition coefficient (Wildman–Crippen LogP) is 11.0. The third-order valence-corrected chi connectivity index (χ3v) is 8.70. The Morgan fingerprint density at radius 2 is 1.26 bits per heavy atom. The zero-order valence-corrected chi connectivity index (χ0v) is 21.8. The van der Waals surface area contributed by atoms with Gasteiger partial charge in [-0.15, -0.1) is 11.3 Å². The summed E-state index contributed by atoms with van der Waals surface area (Å²) in [5, 5.41) is 8.55. The minimum atomic E-state index is 0.874. The monoisotopic (exact) mass is 517 g/mol. The second kappa shape index (κ2) is 8.87. The van der Waals surface area contributed by atoms with E-state index in [2.05, 4.69) is 127 Å². The standard InChI is InChI=1S/C36H23NOS/c1-2-10-23(11-3-1)25-21-20-24(37-32-17-9-14-28-26-12-4-6-18-33(26)38-35(28)32)22-31(25)30-16-8-15-29-27-13-5-7-19-34(27)39-36(29)30/h1-22,37H. The highest BCUT2D eigenvalue weighted by atomic mass is 32.1. The number of para-hydroxylation sites is 2. The summed E-state index contributed by atoms with van der Waals surface area (Å²) in [6.07, 6.45) is 0. The van der Waals surface area contributed by atoms with Crippen molar-refractivity contribution in [1.29, 1.82) is 0 Å². The van der Waals surface area contributed by atoms with E-state index in [0.717, 1.165) is 33.3 Å². The summed E-state index contributed by atoms with van der Waals surface area (Å²) in [7, 11) is 0. The van der Waals surface area contributed by atoms with E-state index in [0.29, 0.717) is 0 Å². The van der Waals surface area contributed by atoms with E-state index >= 15 is 0 Å². The van der Waals surface area contributed by atoms with Crippen LogP contribution >= 0.6 is 11.3 Å². The van der Waals surface area contributed by atoms with Crippen molar-refractivity contribution in [1.82, 2.24) is 0 Å². The molecule has 39 heavy (non-hydrogen) atoms. The van der Waals surface area contributed by atoms with Gasteiger partial charge in [0.2, 0.25) is 0 Å². The topological polar surface area (TPSA) is 25.2 Å². The van der Waals surface area contributed by atoms with Crippen LogP contribution in [-0.4, -0.2) is 0 Å². The molecule has 0 aliphatic carbocycles. The molecule has 2 nitrogen and oxygen atoms in total. The first-order valence-corrected chi connectivity index (χ1v) is 13.9. The Kier molecular flexibility index (Phi) is 5.04. The van der Waals surface area contributed by atoms with Gasteiger partial charge in [-0.05, 0) is 47.0 Å². The molecule has 0 saturated heterocycles. The maximum atomic E-state index is 6.29. The zero-order chi connectivity index (χ0) is 25.8. The molecule has 8 aromatic rings. The molecule has 8 rings (SSSR count). The van der Waals surface area contributed by atoms with Gasteiger partial charge in [-0.25, -0.2) is 0 Å². The van der Waals surface area contributed by atoms with Gasteiger partial charge in [0.05, 0.1) is 5.69 Å². The lowest BCUT2D eigenvalue weighted by molar-refractivity contribution is 0.670. The summed E-state index contributed by atoms with van der Waals surface area (Å²) in [4.78, 5) is 0. The zero-order valence-electron chi connectivity index (χ0n) is 21.0. The number of thiophene rings is 1. The van der Waals surface area contributed by atoms with Gasteiger partial charge in [0.25, 0.3) is 0 Å². The van der Waals surface area contributed by atoms with Crippen molar-refractivity contribution in [2.75, 3.05) is 5.32 Å². The molecule has 0 aliphatic heterocycles. The first-order valence-electron chi connectivity index (χ1n) is 13.1. The molecule has 0 amide bonds. The van der Waals surface area contributed by atoms with Gasteiger partial charge in [0.1, 0.15) is 5.58 Å². The minimum absolute atomic E-state index is 0.874. The van der Waals surface area contributed by atoms with Crippen LogP contribution in [0.4, 0.5) is 11.4 Å². The van der Waals surface area contributed by atoms with Crippen LogP contribution < -0.4 is 5.32 Å². The maximum absolute atomic E-state index is 6.29. The Balaban J connectivity index is 1.33. The van der Waals surface area contributed by atoms with Crippen molar-refractivity contribution in [2.24, 2.45) is 0 Å². The van der Waals surface area contributed by atoms with E-state index in [1.165, 1.54) is 42.4 Å². The Bertz CT molecular complexity index is 2150. The van der Waals surface area contributed by atoms with Crippen LogP contribution in [0.5, 0.6) is 0 Å². The van der Waals surface area contributed by atoms with Crippen LogP contribution in [-0.2, 0) is 0 Å². The summed E-state index contributed by atoms with van der Waals surface area (Å²) in [5.74, 6) is 0. The highest BCUT2D eigenvalue weighted by Gasteiger charge is 2.16. The molecule has 2 aromatic heterocycles. The number of nitrogens with one attached hydrogen (secondary N) is 1. The average molecular weight is 518 g/mol. The third kappa shape index (κ3) is 3.63. The molecule has 0 bridgehead atoms. The second-order valence-electron chi connectivity index (χ2n) is 9.81. The predicted molar refractivity (Wildman–Crippen MR) is 167 cm³/mol. The second-order valence-corrected chi connectivity index (χ2v) is 10.9. The van der Waals surface area contributed by atoms with Gasteiger partial charge in [-0.3, -0.25) is 0 Å². The number of rotatable bonds is 4. The van der Waals surface area contributed by atoms with Crippen LogP contribution in [0, 0.1) is 0 Å². The van der Waals surface area contributed by atoms with Gasteiger partial charge in [0, 0.05) is 42.2 Å². The molecule has 2 heterocycles. The van der Waals surface area contributed by atoms with E-state index in [1.54, 1.807) is 0 Å². The maximum Gasteiger partial charge on any atom is 0.158 e. The Morgan fingerprint density at radius 1 is 0.513 bits per heavy atom. The number of benzene rings is 6. The molecule has 3 heteroatoms. The van der Waals surface area contributed by atoms with E-state index in [9.17, 15) is 0 Å². The van der Waals surface area contributed by atoms with Gasteiger partial charge >= 0.3 is 0 Å². The van der Waals surface area contributed by atoms with Crippen LogP contribution in [0.1, 0.15) is 0 Å². The Labute approximate surface area is 229 Å². The molecule has 0 spiro atoms. The molecule has 6 aromatic carbocycles. The Morgan fingerprint density at radius 3 is 2.18 bits per heavy atom. The quantitative estimate of drug-likeness (QED) is 0.251. The molecule has 184 valence electrons. The normalized spacial score (nSPS) is 11.6. The summed E-state index contributed by atoms with van der Waals surface area (Å²) in [5.41, 5.74) is 8.64. The van der Waals surface area contributed by atoms with Crippen LogP contribution in [0.2, 0.25) is 0 Å². The first-order chi connectivity index (χ1) is 19.3. The highest BCUT2D eigenvalue weighted by Crippen LogP contribution is 2.44. The molecule has 0 saturated carbocycles. The molecule has 0 unspecified atom stereocenters. The molecule has 0 aliphatic rings.